The summed E-state index contributed by atoms with van der Waals surface area (Å²) in [6.45, 7) is 41.0. The van der Waals surface area contributed by atoms with Gasteiger partial charge in [0.2, 0.25) is 5.69 Å². The van der Waals surface area contributed by atoms with Crippen LogP contribution in [0.25, 0.3) is 0 Å². The maximum atomic E-state index is 14.6. The summed E-state index contributed by atoms with van der Waals surface area (Å²) in [4.78, 5) is 17.0. The Balaban J connectivity index is 1.24. The number of hydrogen-bond acceptors (Lipinski definition) is 7. The standard InChI is InChI=1S/C58H86B2N2O6/c1-37(2)21-19-23-39(5)29-31-61-47-27-25-41(59-65-55(11,12)56(13,14)66-59)33-45(47)53(7,8)49(61)35-43-51(63)44(52(43)64)36-50-54(9,10)46-34-42(60-67-57(15,16)58(17,18)68-60)26-28-48(46)62(50)32-30-40(6)24-20-22-38(3)4/h25-28,33-40H,19-24,29-32H2,1-18H3. The van der Waals surface area contributed by atoms with Gasteiger partial charge in [-0.2, -0.15) is 4.58 Å². The smallest absolute Gasteiger partial charge is 0.494 e. The number of rotatable bonds is 18. The van der Waals surface area contributed by atoms with Crippen molar-refractivity contribution in [1.82, 2.24) is 0 Å². The molecule has 10 heteroatoms. The van der Waals surface area contributed by atoms with E-state index in [9.17, 15) is 9.90 Å². The predicted molar refractivity (Wildman–Crippen MR) is 281 cm³/mol. The molecule has 1 aliphatic carbocycles. The van der Waals surface area contributed by atoms with Crippen LogP contribution in [-0.2, 0) is 34.2 Å². The van der Waals surface area contributed by atoms with E-state index >= 15 is 0 Å². The normalized spacial score (nSPS) is 24.0. The van der Waals surface area contributed by atoms with E-state index in [0.717, 1.165) is 70.8 Å². The van der Waals surface area contributed by atoms with Crippen LogP contribution in [0.15, 0.2) is 71.2 Å². The van der Waals surface area contributed by atoms with E-state index in [0.29, 0.717) is 23.7 Å². The van der Waals surface area contributed by atoms with Gasteiger partial charge in [-0.25, -0.2) is 0 Å². The molecule has 2 atom stereocenters. The maximum Gasteiger partial charge on any atom is 0.494 e. The molecule has 8 nitrogen and oxygen atoms in total. The molecular weight excluding hydrogens is 842 g/mol. The Kier molecular flexibility index (Phi) is 14.6. The van der Waals surface area contributed by atoms with Crippen LogP contribution in [0.3, 0.4) is 0 Å². The van der Waals surface area contributed by atoms with Gasteiger partial charge in [-0.1, -0.05) is 124 Å². The number of hydrogen-bond donors (Lipinski definition) is 0. The number of benzene rings is 2. The van der Waals surface area contributed by atoms with Gasteiger partial charge in [-0.05, 0) is 128 Å². The molecule has 5 aliphatic rings. The zero-order valence-corrected chi connectivity index (χ0v) is 45.5. The van der Waals surface area contributed by atoms with Crippen molar-refractivity contribution >= 4 is 48.0 Å². The van der Waals surface area contributed by atoms with Gasteiger partial charge in [-0.15, -0.1) is 0 Å². The SMILES string of the molecule is CC(C)CCCC(C)CCN1/C(=C/C2=C([O-])C(=C\C3=[N+](CCC(C)CCCC(C)C)c4ccc(B5OC(C)(C)C(C)(C)O5)cc4C3(C)C)/C2=O)C(C)(C)c2cc(B3OC(C)(C)C(C)(C)O3)ccc21. The summed E-state index contributed by atoms with van der Waals surface area (Å²) in [5.41, 5.74) is 6.11. The van der Waals surface area contributed by atoms with E-state index in [2.05, 4.69) is 171 Å². The van der Waals surface area contributed by atoms with E-state index in [4.69, 9.17) is 18.6 Å². The van der Waals surface area contributed by atoms with Crippen LogP contribution in [0.1, 0.15) is 187 Å². The molecule has 2 fully saturated rings. The molecule has 2 aromatic carbocycles. The fourth-order valence-corrected chi connectivity index (χ4v) is 10.7. The first-order chi connectivity index (χ1) is 31.5. The van der Waals surface area contributed by atoms with Crippen LogP contribution < -0.4 is 20.9 Å². The molecule has 4 heterocycles. The highest BCUT2D eigenvalue weighted by atomic mass is 16.7. The van der Waals surface area contributed by atoms with Crippen LogP contribution in [-0.4, -0.2) is 65.8 Å². The Hall–Kier alpha value is -3.43. The van der Waals surface area contributed by atoms with Crippen molar-refractivity contribution in [2.45, 2.75) is 209 Å². The van der Waals surface area contributed by atoms with Gasteiger partial charge in [0.15, 0.2) is 11.5 Å². The van der Waals surface area contributed by atoms with Crippen LogP contribution in [0.4, 0.5) is 11.4 Å². The summed E-state index contributed by atoms with van der Waals surface area (Å²) in [6, 6.07) is 13.1. The molecule has 0 bridgehead atoms. The number of Topliss-reactive ketones (excluding diaryl/α,β-unsaturated/α-hetero) is 1. The molecule has 2 unspecified atom stereocenters. The highest BCUT2D eigenvalue weighted by Gasteiger charge is 2.54. The zero-order valence-electron chi connectivity index (χ0n) is 45.5. The average molecular weight is 929 g/mol. The van der Waals surface area contributed by atoms with Crippen molar-refractivity contribution < 1.29 is 33.1 Å². The number of nitrogens with zero attached hydrogens (tertiary/aromatic N) is 2. The second-order valence-electron chi connectivity index (χ2n) is 25.3. The van der Waals surface area contributed by atoms with Crippen molar-refractivity contribution in [3.05, 3.63) is 82.3 Å². The maximum absolute atomic E-state index is 14.6. The number of carbonyl (C=O) groups is 1. The lowest BCUT2D eigenvalue weighted by Gasteiger charge is -2.33. The van der Waals surface area contributed by atoms with Gasteiger partial charge in [-0.3, -0.25) is 4.79 Å². The molecule has 2 saturated heterocycles. The largest absolute Gasteiger partial charge is 0.871 e. The number of carbonyl (C=O) groups excluding carboxylic acids is 1. The third-order valence-corrected chi connectivity index (χ3v) is 17.1. The average Bonchev–Trinajstić information content (AvgIpc) is 3.78. The van der Waals surface area contributed by atoms with E-state index < -0.39 is 47.5 Å². The topological polar surface area (TPSA) is 83.3 Å². The fourth-order valence-electron chi connectivity index (χ4n) is 10.7. The molecule has 2 aromatic rings. The molecule has 0 aromatic heterocycles. The minimum Gasteiger partial charge on any atom is -0.871 e. The molecule has 0 radical (unpaired) electrons. The summed E-state index contributed by atoms with van der Waals surface area (Å²) in [5.74, 6) is 2.09. The molecular formula is C58H86B2N2O6. The zero-order chi connectivity index (χ0) is 50.1. The predicted octanol–water partition coefficient (Wildman–Crippen LogP) is 11.2. The fraction of sp³-hybridized carbons (Fsp3) is 0.655. The summed E-state index contributed by atoms with van der Waals surface area (Å²) in [7, 11) is -0.987. The highest BCUT2D eigenvalue weighted by molar-refractivity contribution is 6.62. The monoisotopic (exact) mass is 929 g/mol. The lowest BCUT2D eigenvalue weighted by atomic mass is 9.73. The number of allylic oxidation sites excluding steroid dienone is 5. The second kappa shape index (κ2) is 19.0. The molecule has 0 N–H and O–H groups in total. The Bertz CT molecular complexity index is 2350. The third-order valence-electron chi connectivity index (χ3n) is 17.1. The first kappa shape index (κ1) is 52.4. The Morgan fingerprint density at radius 2 is 1.10 bits per heavy atom. The van der Waals surface area contributed by atoms with Gasteiger partial charge >= 0.3 is 14.2 Å². The van der Waals surface area contributed by atoms with Crippen molar-refractivity contribution in [2.24, 2.45) is 23.7 Å². The number of ketones is 1. The summed E-state index contributed by atoms with van der Waals surface area (Å²) in [5, 5.41) is 14.6. The minimum atomic E-state index is -0.496. The van der Waals surface area contributed by atoms with Crippen LogP contribution in [0.2, 0.25) is 0 Å². The minimum absolute atomic E-state index is 0.187. The Morgan fingerprint density at radius 3 is 1.60 bits per heavy atom. The van der Waals surface area contributed by atoms with Gasteiger partial charge in [0, 0.05) is 58.6 Å². The summed E-state index contributed by atoms with van der Waals surface area (Å²) < 4.78 is 28.5. The number of anilines is 1. The molecule has 0 spiro atoms. The second-order valence-corrected chi connectivity index (χ2v) is 25.3. The Labute approximate surface area is 412 Å². The molecule has 0 amide bonds. The van der Waals surface area contributed by atoms with Gasteiger partial charge in [0.1, 0.15) is 6.54 Å². The highest BCUT2D eigenvalue weighted by Crippen LogP contribution is 2.50. The van der Waals surface area contributed by atoms with Crippen LogP contribution in [0.5, 0.6) is 0 Å². The molecule has 7 rings (SSSR count). The van der Waals surface area contributed by atoms with Crippen molar-refractivity contribution in [2.75, 3.05) is 18.0 Å². The van der Waals surface area contributed by atoms with Crippen LogP contribution >= 0.6 is 0 Å². The lowest BCUT2D eigenvalue weighted by Crippen LogP contribution is -2.41. The summed E-state index contributed by atoms with van der Waals surface area (Å²) in [6.07, 6.45) is 13.1. The Morgan fingerprint density at radius 1 is 0.618 bits per heavy atom. The first-order valence-corrected chi connectivity index (χ1v) is 26.3. The van der Waals surface area contributed by atoms with E-state index in [1.54, 1.807) is 0 Å². The van der Waals surface area contributed by atoms with Gasteiger partial charge < -0.3 is 28.6 Å². The van der Waals surface area contributed by atoms with Crippen molar-refractivity contribution in [1.29, 1.82) is 0 Å². The van der Waals surface area contributed by atoms with Crippen molar-refractivity contribution in [3.63, 3.8) is 0 Å². The lowest BCUT2D eigenvalue weighted by molar-refractivity contribution is -0.439. The molecule has 4 aliphatic heterocycles. The van der Waals surface area contributed by atoms with Gasteiger partial charge in [0.05, 0.1) is 27.8 Å². The first-order valence-electron chi connectivity index (χ1n) is 26.3. The van der Waals surface area contributed by atoms with Crippen LogP contribution in [0, 0.1) is 23.7 Å². The molecule has 0 saturated carbocycles. The quantitative estimate of drug-likeness (QED) is 0.0836. The van der Waals surface area contributed by atoms with E-state index in [1.165, 1.54) is 38.5 Å². The van der Waals surface area contributed by atoms with E-state index in [1.807, 2.05) is 12.2 Å². The number of fused-ring (bicyclic) bond motifs is 2. The van der Waals surface area contributed by atoms with Gasteiger partial charge in [0.25, 0.3) is 0 Å². The van der Waals surface area contributed by atoms with E-state index in [-0.39, 0.29) is 22.7 Å². The molecule has 370 valence electrons. The third kappa shape index (κ3) is 9.93. The summed E-state index contributed by atoms with van der Waals surface area (Å²) >= 11 is 0. The van der Waals surface area contributed by atoms with Crippen molar-refractivity contribution in [3.8, 4) is 0 Å². The molecule has 68 heavy (non-hydrogen) atoms.